The molecule has 1 aromatic heterocycles. The van der Waals surface area contributed by atoms with Crippen molar-refractivity contribution in [1.29, 1.82) is 0 Å². The number of alkyl halides is 1. The summed E-state index contributed by atoms with van der Waals surface area (Å²) in [7, 11) is 1.69. The lowest BCUT2D eigenvalue weighted by Gasteiger charge is -2.12. The van der Waals surface area contributed by atoms with Gasteiger partial charge in [0.2, 0.25) is 0 Å². The summed E-state index contributed by atoms with van der Waals surface area (Å²) in [5.41, 5.74) is 3.53. The van der Waals surface area contributed by atoms with Crippen LogP contribution in [-0.4, -0.2) is 7.11 Å². The molecule has 0 bridgehead atoms. The summed E-state index contributed by atoms with van der Waals surface area (Å²) in [6, 6.07) is 8.27. The Morgan fingerprint density at radius 1 is 1.35 bits per heavy atom. The van der Waals surface area contributed by atoms with Crippen molar-refractivity contribution in [3.63, 3.8) is 0 Å². The standard InChI is InChI=1S/C14H15ClOS/c1-10-3-4-12(8-14(10)16-2)13(15)7-11-5-6-17-9-11/h3-6,8-9,13H,7H2,1-2H3. The second kappa shape index (κ2) is 5.56. The van der Waals surface area contributed by atoms with E-state index in [1.807, 2.05) is 13.0 Å². The highest BCUT2D eigenvalue weighted by atomic mass is 35.5. The van der Waals surface area contributed by atoms with Crippen LogP contribution in [0.5, 0.6) is 5.75 Å². The summed E-state index contributed by atoms with van der Waals surface area (Å²) in [6.07, 6.45) is 0.858. The fourth-order valence-corrected chi connectivity index (χ4v) is 2.76. The first-order chi connectivity index (χ1) is 8.20. The number of benzene rings is 1. The van der Waals surface area contributed by atoms with Gasteiger partial charge in [-0.05, 0) is 52.9 Å². The molecule has 17 heavy (non-hydrogen) atoms. The molecule has 0 aliphatic rings. The number of hydrogen-bond acceptors (Lipinski definition) is 2. The molecule has 1 heterocycles. The maximum absolute atomic E-state index is 6.43. The van der Waals surface area contributed by atoms with Crippen molar-refractivity contribution in [3.8, 4) is 5.75 Å². The van der Waals surface area contributed by atoms with Crippen molar-refractivity contribution < 1.29 is 4.74 Å². The Labute approximate surface area is 111 Å². The Bertz CT molecular complexity index is 479. The topological polar surface area (TPSA) is 9.23 Å². The Morgan fingerprint density at radius 3 is 2.82 bits per heavy atom. The van der Waals surface area contributed by atoms with Crippen molar-refractivity contribution in [2.75, 3.05) is 7.11 Å². The van der Waals surface area contributed by atoms with Crippen molar-refractivity contribution in [2.45, 2.75) is 18.7 Å². The van der Waals surface area contributed by atoms with Crippen molar-refractivity contribution in [1.82, 2.24) is 0 Å². The molecule has 1 aromatic carbocycles. The molecule has 1 atom stereocenters. The van der Waals surface area contributed by atoms with Crippen LogP contribution in [-0.2, 0) is 6.42 Å². The molecule has 0 radical (unpaired) electrons. The highest BCUT2D eigenvalue weighted by molar-refractivity contribution is 7.07. The monoisotopic (exact) mass is 266 g/mol. The summed E-state index contributed by atoms with van der Waals surface area (Å²) in [5, 5.41) is 4.22. The van der Waals surface area contributed by atoms with Gasteiger partial charge in [-0.25, -0.2) is 0 Å². The highest BCUT2D eigenvalue weighted by Crippen LogP contribution is 2.29. The van der Waals surface area contributed by atoms with Gasteiger partial charge >= 0.3 is 0 Å². The molecule has 90 valence electrons. The Morgan fingerprint density at radius 2 is 2.18 bits per heavy atom. The molecule has 1 nitrogen and oxygen atoms in total. The molecule has 2 rings (SSSR count). The molecule has 1 unspecified atom stereocenters. The van der Waals surface area contributed by atoms with E-state index in [4.69, 9.17) is 16.3 Å². The van der Waals surface area contributed by atoms with Crippen LogP contribution in [0.25, 0.3) is 0 Å². The first-order valence-corrected chi connectivity index (χ1v) is 6.88. The number of methoxy groups -OCH3 is 1. The number of thiophene rings is 1. The van der Waals surface area contributed by atoms with Crippen LogP contribution in [0.2, 0.25) is 0 Å². The zero-order valence-electron chi connectivity index (χ0n) is 9.94. The van der Waals surface area contributed by atoms with Crippen molar-refractivity contribution in [3.05, 3.63) is 51.7 Å². The van der Waals surface area contributed by atoms with E-state index in [0.717, 1.165) is 23.3 Å². The first kappa shape index (κ1) is 12.5. The predicted molar refractivity (Wildman–Crippen MR) is 74.3 cm³/mol. The van der Waals surface area contributed by atoms with Crippen LogP contribution in [0.4, 0.5) is 0 Å². The molecule has 0 aliphatic carbocycles. The molecule has 3 heteroatoms. The molecule has 0 aliphatic heterocycles. The molecule has 0 spiro atoms. The summed E-state index contributed by atoms with van der Waals surface area (Å²) in [5.74, 6) is 0.901. The Balaban J connectivity index is 2.16. The number of ether oxygens (including phenoxy) is 1. The third kappa shape index (κ3) is 3.02. The van der Waals surface area contributed by atoms with Crippen LogP contribution in [0.15, 0.2) is 35.0 Å². The smallest absolute Gasteiger partial charge is 0.122 e. The van der Waals surface area contributed by atoms with Crippen molar-refractivity contribution >= 4 is 22.9 Å². The van der Waals surface area contributed by atoms with Gasteiger partial charge in [0.25, 0.3) is 0 Å². The number of hydrogen-bond donors (Lipinski definition) is 0. The molecule has 2 aromatic rings. The summed E-state index contributed by atoms with van der Waals surface area (Å²) in [6.45, 7) is 2.03. The number of rotatable bonds is 4. The second-order valence-electron chi connectivity index (χ2n) is 4.03. The summed E-state index contributed by atoms with van der Waals surface area (Å²) in [4.78, 5) is 0. The minimum atomic E-state index is -0.000833. The molecular formula is C14H15ClOS. The van der Waals surface area contributed by atoms with Crippen molar-refractivity contribution in [2.24, 2.45) is 0 Å². The van der Waals surface area contributed by atoms with Gasteiger partial charge in [0.15, 0.2) is 0 Å². The Kier molecular flexibility index (Phi) is 4.08. The van der Waals surface area contributed by atoms with Gasteiger partial charge in [0.05, 0.1) is 12.5 Å². The molecular weight excluding hydrogens is 252 g/mol. The minimum absolute atomic E-state index is 0.000833. The fraction of sp³-hybridized carbons (Fsp3) is 0.286. The Hall–Kier alpha value is -0.990. The van der Waals surface area contributed by atoms with Gasteiger partial charge in [-0.2, -0.15) is 11.3 Å². The van der Waals surface area contributed by atoms with E-state index < -0.39 is 0 Å². The second-order valence-corrected chi connectivity index (χ2v) is 5.34. The lowest BCUT2D eigenvalue weighted by molar-refractivity contribution is 0.411. The van der Waals surface area contributed by atoms with Gasteiger partial charge in [-0.15, -0.1) is 11.6 Å². The maximum atomic E-state index is 6.43. The number of halogens is 1. The van der Waals surface area contributed by atoms with E-state index in [2.05, 4.69) is 29.0 Å². The van der Waals surface area contributed by atoms with Gasteiger partial charge < -0.3 is 4.74 Å². The van der Waals surface area contributed by atoms with E-state index in [1.54, 1.807) is 18.4 Å². The third-order valence-electron chi connectivity index (χ3n) is 2.79. The summed E-state index contributed by atoms with van der Waals surface area (Å²) >= 11 is 8.13. The molecule has 0 N–H and O–H groups in total. The maximum Gasteiger partial charge on any atom is 0.122 e. The molecule has 0 saturated carbocycles. The lowest BCUT2D eigenvalue weighted by atomic mass is 10.0. The molecule has 0 saturated heterocycles. The molecule has 0 fully saturated rings. The van der Waals surface area contributed by atoms with Crippen LogP contribution in [0.1, 0.15) is 22.1 Å². The van der Waals surface area contributed by atoms with Gasteiger partial charge in [-0.1, -0.05) is 12.1 Å². The van der Waals surface area contributed by atoms with Crippen LogP contribution >= 0.6 is 22.9 Å². The van der Waals surface area contributed by atoms with Gasteiger partial charge in [-0.3, -0.25) is 0 Å². The van der Waals surface area contributed by atoms with Gasteiger partial charge in [0.1, 0.15) is 5.75 Å². The highest BCUT2D eigenvalue weighted by Gasteiger charge is 2.11. The van der Waals surface area contributed by atoms with Crippen LogP contribution in [0, 0.1) is 6.92 Å². The third-order valence-corrected chi connectivity index (χ3v) is 3.93. The average molecular weight is 267 g/mol. The average Bonchev–Trinajstić information content (AvgIpc) is 2.82. The van der Waals surface area contributed by atoms with Crippen LogP contribution < -0.4 is 4.74 Å². The van der Waals surface area contributed by atoms with E-state index in [9.17, 15) is 0 Å². The summed E-state index contributed by atoms with van der Waals surface area (Å²) < 4.78 is 5.31. The minimum Gasteiger partial charge on any atom is -0.496 e. The first-order valence-electron chi connectivity index (χ1n) is 5.50. The lowest BCUT2D eigenvalue weighted by Crippen LogP contribution is -1.96. The zero-order valence-corrected chi connectivity index (χ0v) is 11.5. The van der Waals surface area contributed by atoms with E-state index in [-0.39, 0.29) is 5.38 Å². The molecule has 0 amide bonds. The SMILES string of the molecule is COc1cc(C(Cl)Cc2ccsc2)ccc1C. The zero-order chi connectivity index (χ0) is 12.3. The largest absolute Gasteiger partial charge is 0.496 e. The van der Waals surface area contributed by atoms with E-state index >= 15 is 0 Å². The number of aryl methyl sites for hydroxylation is 1. The fourth-order valence-electron chi connectivity index (χ4n) is 1.77. The normalized spacial score (nSPS) is 12.4. The predicted octanol–water partition coefficient (Wildman–Crippen LogP) is 4.59. The van der Waals surface area contributed by atoms with E-state index in [1.165, 1.54) is 5.56 Å². The van der Waals surface area contributed by atoms with Crippen LogP contribution in [0.3, 0.4) is 0 Å². The quantitative estimate of drug-likeness (QED) is 0.736. The van der Waals surface area contributed by atoms with Gasteiger partial charge in [0, 0.05) is 0 Å². The van der Waals surface area contributed by atoms with E-state index in [0.29, 0.717) is 0 Å².